The molecule has 0 spiro atoms. The molecule has 1 aliphatic rings. The van der Waals surface area contributed by atoms with Gasteiger partial charge in [-0.3, -0.25) is 14.4 Å². The highest BCUT2D eigenvalue weighted by Gasteiger charge is 2.31. The molecule has 1 unspecified atom stereocenters. The van der Waals surface area contributed by atoms with Crippen molar-refractivity contribution in [3.63, 3.8) is 0 Å². The van der Waals surface area contributed by atoms with Crippen LogP contribution in [-0.2, 0) is 14.3 Å². The number of carbonyl (C=O) groups is 4. The van der Waals surface area contributed by atoms with E-state index in [1.165, 1.54) is 13.0 Å². The van der Waals surface area contributed by atoms with Crippen molar-refractivity contribution in [2.24, 2.45) is 0 Å². The Labute approximate surface area is 190 Å². The number of ketones is 2. The molecule has 0 saturated heterocycles. The Morgan fingerprint density at radius 3 is 2.18 bits per heavy atom. The maximum absolute atomic E-state index is 13.0. The molecule has 3 aromatic rings. The molecule has 1 aliphatic carbocycles. The summed E-state index contributed by atoms with van der Waals surface area (Å²) in [7, 11) is 0. The molecule has 7 nitrogen and oxygen atoms in total. The molecule has 0 radical (unpaired) electrons. The van der Waals surface area contributed by atoms with Crippen molar-refractivity contribution in [2.45, 2.75) is 20.0 Å². The molecule has 1 N–H and O–H groups in total. The molecule has 0 aromatic heterocycles. The Hall–Kier alpha value is -4.26. The van der Waals surface area contributed by atoms with Crippen molar-refractivity contribution in [3.05, 3.63) is 94.5 Å². The molecule has 1 atom stereocenters. The summed E-state index contributed by atoms with van der Waals surface area (Å²) in [4.78, 5) is 50.4. The van der Waals surface area contributed by atoms with Crippen molar-refractivity contribution < 1.29 is 28.7 Å². The van der Waals surface area contributed by atoms with Crippen LogP contribution in [0.1, 0.15) is 44.3 Å². The molecular formula is C26H21NO6. The highest BCUT2D eigenvalue weighted by atomic mass is 16.6. The van der Waals surface area contributed by atoms with Crippen LogP contribution in [0.2, 0.25) is 0 Å². The summed E-state index contributed by atoms with van der Waals surface area (Å²) in [6.45, 7) is 2.89. The van der Waals surface area contributed by atoms with Crippen LogP contribution in [-0.4, -0.2) is 36.2 Å². The Bertz CT molecular complexity index is 1260. The summed E-state index contributed by atoms with van der Waals surface area (Å²) in [5.74, 6) is -1.48. The van der Waals surface area contributed by atoms with Crippen LogP contribution in [0.4, 0.5) is 5.69 Å². The third-order valence-corrected chi connectivity index (χ3v) is 5.24. The summed E-state index contributed by atoms with van der Waals surface area (Å²) >= 11 is 0. The lowest BCUT2D eigenvalue weighted by Gasteiger charge is -2.20. The molecule has 1 amide bonds. The van der Waals surface area contributed by atoms with Crippen molar-refractivity contribution in [3.8, 4) is 5.75 Å². The van der Waals surface area contributed by atoms with Crippen LogP contribution in [0.3, 0.4) is 0 Å². The van der Waals surface area contributed by atoms with Gasteiger partial charge in [-0.25, -0.2) is 4.79 Å². The van der Waals surface area contributed by atoms with Crippen LogP contribution >= 0.6 is 0 Å². The van der Waals surface area contributed by atoms with Crippen LogP contribution < -0.4 is 10.1 Å². The Morgan fingerprint density at radius 1 is 0.848 bits per heavy atom. The van der Waals surface area contributed by atoms with E-state index in [0.717, 1.165) is 5.56 Å². The highest BCUT2D eigenvalue weighted by molar-refractivity contribution is 6.30. The third kappa shape index (κ3) is 4.52. The summed E-state index contributed by atoms with van der Waals surface area (Å²) in [5.41, 5.74) is 2.19. The summed E-state index contributed by atoms with van der Waals surface area (Å²) in [6.07, 6.45) is -0.916. The van der Waals surface area contributed by atoms with E-state index < -0.39 is 24.6 Å². The van der Waals surface area contributed by atoms with E-state index >= 15 is 0 Å². The normalized spacial score (nSPS) is 12.9. The second-order valence-corrected chi connectivity index (χ2v) is 7.66. The van der Waals surface area contributed by atoms with Gasteiger partial charge in [-0.05, 0) is 32.0 Å². The van der Waals surface area contributed by atoms with Gasteiger partial charge in [-0.2, -0.15) is 0 Å². The lowest BCUT2D eigenvalue weighted by atomic mass is 9.83. The zero-order valence-electron chi connectivity index (χ0n) is 18.1. The number of esters is 1. The Morgan fingerprint density at radius 2 is 1.48 bits per heavy atom. The molecule has 0 saturated carbocycles. The molecule has 33 heavy (non-hydrogen) atoms. The van der Waals surface area contributed by atoms with E-state index in [-0.39, 0.29) is 33.9 Å². The first kappa shape index (κ1) is 22.0. The second-order valence-electron chi connectivity index (χ2n) is 7.66. The topological polar surface area (TPSA) is 98.8 Å². The number of nitrogens with one attached hydrogen (secondary N) is 1. The van der Waals surface area contributed by atoms with E-state index in [9.17, 15) is 19.2 Å². The lowest BCUT2D eigenvalue weighted by molar-refractivity contribution is -0.153. The van der Waals surface area contributed by atoms with Gasteiger partial charge >= 0.3 is 5.97 Å². The number of ether oxygens (including phenoxy) is 2. The fourth-order valence-corrected chi connectivity index (χ4v) is 3.56. The Balaban J connectivity index is 1.41. The van der Waals surface area contributed by atoms with Gasteiger partial charge in [-0.1, -0.05) is 54.1 Å². The van der Waals surface area contributed by atoms with Crippen molar-refractivity contribution in [1.29, 1.82) is 0 Å². The average Bonchev–Trinajstić information content (AvgIpc) is 2.82. The van der Waals surface area contributed by atoms with Crippen LogP contribution in [0.15, 0.2) is 66.7 Å². The third-order valence-electron chi connectivity index (χ3n) is 5.24. The minimum atomic E-state index is -0.916. The average molecular weight is 443 g/mol. The van der Waals surface area contributed by atoms with E-state index in [4.69, 9.17) is 9.47 Å². The number of fused-ring (bicyclic) bond motifs is 2. The van der Waals surface area contributed by atoms with Gasteiger partial charge < -0.3 is 14.8 Å². The number of benzene rings is 3. The Kier molecular flexibility index (Phi) is 6.04. The number of carbonyl (C=O) groups excluding carboxylic acids is 4. The standard InChI is InChI=1S/C26H21NO6/c1-15-10-12-17(13-11-15)33-16(2)26(31)32-14-22(28)27-21-9-5-8-20-23(21)25(30)19-7-4-3-6-18(19)24(20)29/h3-13,16H,14H2,1-2H3,(H,27,28). The van der Waals surface area contributed by atoms with Gasteiger partial charge in [0.1, 0.15) is 5.75 Å². The largest absolute Gasteiger partial charge is 0.479 e. The molecule has 0 heterocycles. The predicted octanol–water partition coefficient (Wildman–Crippen LogP) is 3.72. The number of amides is 1. The molecular weight excluding hydrogens is 422 g/mol. The van der Waals surface area contributed by atoms with Crippen LogP contribution in [0.25, 0.3) is 0 Å². The van der Waals surface area contributed by atoms with Gasteiger partial charge in [0.05, 0.1) is 11.3 Å². The minimum absolute atomic E-state index is 0.122. The maximum Gasteiger partial charge on any atom is 0.347 e. The number of anilines is 1. The van der Waals surface area contributed by atoms with Gasteiger partial charge in [0.25, 0.3) is 5.91 Å². The molecule has 166 valence electrons. The van der Waals surface area contributed by atoms with Gasteiger partial charge in [0.2, 0.25) is 0 Å². The van der Waals surface area contributed by atoms with Crippen LogP contribution in [0, 0.1) is 6.92 Å². The van der Waals surface area contributed by atoms with Crippen LogP contribution in [0.5, 0.6) is 5.75 Å². The molecule has 7 heteroatoms. The van der Waals surface area contributed by atoms with E-state index in [1.54, 1.807) is 48.5 Å². The molecule has 3 aromatic carbocycles. The van der Waals surface area contributed by atoms with E-state index in [1.807, 2.05) is 19.1 Å². The number of rotatable bonds is 6. The number of hydrogen-bond donors (Lipinski definition) is 1. The fraction of sp³-hybridized carbons (Fsp3) is 0.154. The monoisotopic (exact) mass is 443 g/mol. The smallest absolute Gasteiger partial charge is 0.347 e. The minimum Gasteiger partial charge on any atom is -0.479 e. The molecule has 0 bridgehead atoms. The molecule has 0 fully saturated rings. The summed E-state index contributed by atoms with van der Waals surface area (Å²) < 4.78 is 10.6. The van der Waals surface area contributed by atoms with Gasteiger partial charge in [-0.15, -0.1) is 0 Å². The number of hydrogen-bond acceptors (Lipinski definition) is 6. The first-order valence-electron chi connectivity index (χ1n) is 10.4. The number of aryl methyl sites for hydroxylation is 1. The lowest BCUT2D eigenvalue weighted by Crippen LogP contribution is -2.30. The SMILES string of the molecule is Cc1ccc(OC(C)C(=O)OCC(=O)Nc2cccc3c2C(=O)c2ccccc2C3=O)cc1. The van der Waals surface area contributed by atoms with E-state index in [2.05, 4.69) is 5.32 Å². The second kappa shape index (κ2) is 9.08. The first-order valence-corrected chi connectivity index (χ1v) is 10.4. The van der Waals surface area contributed by atoms with Gasteiger partial charge in [0, 0.05) is 16.7 Å². The van der Waals surface area contributed by atoms with E-state index in [0.29, 0.717) is 11.3 Å². The zero-order chi connectivity index (χ0) is 23.5. The first-order chi connectivity index (χ1) is 15.8. The quantitative estimate of drug-likeness (QED) is 0.456. The maximum atomic E-state index is 13.0. The summed E-state index contributed by atoms with van der Waals surface area (Å²) in [5, 5.41) is 2.57. The fourth-order valence-electron chi connectivity index (χ4n) is 3.56. The van der Waals surface area contributed by atoms with Crippen molar-refractivity contribution in [2.75, 3.05) is 11.9 Å². The molecule has 4 rings (SSSR count). The summed E-state index contributed by atoms with van der Waals surface area (Å²) in [6, 6.07) is 18.4. The molecule has 0 aliphatic heterocycles. The highest BCUT2D eigenvalue weighted by Crippen LogP contribution is 2.31. The predicted molar refractivity (Wildman–Crippen MR) is 121 cm³/mol. The van der Waals surface area contributed by atoms with Crippen molar-refractivity contribution in [1.82, 2.24) is 0 Å². The van der Waals surface area contributed by atoms with Gasteiger partial charge in [0.15, 0.2) is 24.3 Å². The van der Waals surface area contributed by atoms with Crippen molar-refractivity contribution >= 4 is 29.1 Å². The zero-order valence-corrected chi connectivity index (χ0v) is 18.1.